The van der Waals surface area contributed by atoms with Gasteiger partial charge >= 0.3 is 0 Å². The molecule has 1 saturated heterocycles. The standard InChI is InChI=1S/C12H25BrN2O2S/c1-12-6-10-15(11-7-12)18(16,17)14-9-5-3-2-4-8-13/h12,14H,2-11H2,1H3. The third-order valence-electron chi connectivity index (χ3n) is 3.43. The molecule has 0 saturated carbocycles. The van der Waals surface area contributed by atoms with Crippen LogP contribution in [0.15, 0.2) is 0 Å². The molecule has 0 aromatic carbocycles. The van der Waals surface area contributed by atoms with Crippen molar-refractivity contribution in [2.24, 2.45) is 5.92 Å². The molecule has 6 heteroatoms. The normalized spacial score (nSPS) is 19.2. The number of rotatable bonds is 8. The van der Waals surface area contributed by atoms with E-state index in [1.807, 2.05) is 0 Å². The summed E-state index contributed by atoms with van der Waals surface area (Å²) in [7, 11) is -3.23. The zero-order valence-electron chi connectivity index (χ0n) is 11.2. The molecule has 18 heavy (non-hydrogen) atoms. The minimum Gasteiger partial charge on any atom is -0.202 e. The molecule has 0 unspecified atom stereocenters. The Bertz CT molecular complexity index is 314. The Morgan fingerprint density at radius 1 is 1.17 bits per heavy atom. The zero-order chi connectivity index (χ0) is 13.4. The third-order valence-corrected chi connectivity index (χ3v) is 5.60. The Morgan fingerprint density at radius 3 is 2.39 bits per heavy atom. The molecule has 0 radical (unpaired) electrons. The van der Waals surface area contributed by atoms with Crippen LogP contribution in [0.2, 0.25) is 0 Å². The molecule has 0 amide bonds. The van der Waals surface area contributed by atoms with Gasteiger partial charge in [-0.15, -0.1) is 0 Å². The Labute approximate surface area is 120 Å². The van der Waals surface area contributed by atoms with Crippen molar-refractivity contribution in [1.29, 1.82) is 0 Å². The van der Waals surface area contributed by atoms with E-state index in [1.54, 1.807) is 4.31 Å². The molecule has 1 heterocycles. The van der Waals surface area contributed by atoms with Crippen molar-refractivity contribution >= 4 is 26.1 Å². The van der Waals surface area contributed by atoms with Gasteiger partial charge in [-0.05, 0) is 31.6 Å². The summed E-state index contributed by atoms with van der Waals surface area (Å²) in [6.07, 6.45) is 6.30. The molecule has 1 N–H and O–H groups in total. The van der Waals surface area contributed by atoms with Gasteiger partial charge in [0.05, 0.1) is 0 Å². The number of hydrogen-bond acceptors (Lipinski definition) is 2. The highest BCUT2D eigenvalue weighted by Crippen LogP contribution is 2.17. The molecule has 1 aliphatic rings. The van der Waals surface area contributed by atoms with Crippen LogP contribution in [0.3, 0.4) is 0 Å². The summed E-state index contributed by atoms with van der Waals surface area (Å²) >= 11 is 3.39. The second kappa shape index (κ2) is 8.51. The van der Waals surface area contributed by atoms with Crippen molar-refractivity contribution < 1.29 is 8.42 Å². The van der Waals surface area contributed by atoms with Gasteiger partial charge in [0.1, 0.15) is 0 Å². The van der Waals surface area contributed by atoms with Crippen LogP contribution in [0.1, 0.15) is 45.4 Å². The Morgan fingerprint density at radius 2 is 1.78 bits per heavy atom. The molecule has 0 atom stereocenters. The topological polar surface area (TPSA) is 49.4 Å². The van der Waals surface area contributed by atoms with Gasteiger partial charge in [0.2, 0.25) is 0 Å². The minimum atomic E-state index is -3.23. The lowest BCUT2D eigenvalue weighted by atomic mass is 10.0. The van der Waals surface area contributed by atoms with Gasteiger partial charge in [-0.2, -0.15) is 12.7 Å². The Hall–Kier alpha value is 0.350. The van der Waals surface area contributed by atoms with Gasteiger partial charge in [0, 0.05) is 25.0 Å². The molecule has 108 valence electrons. The molecule has 0 aromatic heterocycles. The van der Waals surface area contributed by atoms with Gasteiger partial charge < -0.3 is 0 Å². The Kier molecular flexibility index (Phi) is 7.75. The fraction of sp³-hybridized carbons (Fsp3) is 1.00. The molecule has 0 aliphatic carbocycles. The molecule has 1 aliphatic heterocycles. The first-order chi connectivity index (χ1) is 8.56. The maximum Gasteiger partial charge on any atom is 0.279 e. The molecule has 0 aromatic rings. The first-order valence-corrected chi connectivity index (χ1v) is 9.43. The maximum atomic E-state index is 12.0. The summed E-state index contributed by atoms with van der Waals surface area (Å²) < 4.78 is 28.3. The predicted molar refractivity (Wildman–Crippen MR) is 79.2 cm³/mol. The van der Waals surface area contributed by atoms with E-state index >= 15 is 0 Å². The lowest BCUT2D eigenvalue weighted by Crippen LogP contribution is -2.44. The number of hydrogen-bond donors (Lipinski definition) is 1. The average Bonchev–Trinajstić information content (AvgIpc) is 2.34. The highest BCUT2D eigenvalue weighted by Gasteiger charge is 2.25. The predicted octanol–water partition coefficient (Wildman–Crippen LogP) is 2.51. The number of unbranched alkanes of at least 4 members (excludes halogenated alkanes) is 3. The fourth-order valence-corrected chi connectivity index (χ4v) is 3.76. The fourth-order valence-electron chi connectivity index (χ4n) is 2.09. The van der Waals surface area contributed by atoms with Gasteiger partial charge in [-0.25, -0.2) is 4.72 Å². The molecule has 0 spiro atoms. The SMILES string of the molecule is CC1CCN(S(=O)(=O)NCCCCCCBr)CC1. The zero-order valence-corrected chi connectivity index (χ0v) is 13.6. The smallest absolute Gasteiger partial charge is 0.202 e. The van der Waals surface area contributed by atoms with Gasteiger partial charge in [0.25, 0.3) is 10.2 Å². The van der Waals surface area contributed by atoms with Crippen LogP contribution in [-0.2, 0) is 10.2 Å². The van der Waals surface area contributed by atoms with E-state index in [-0.39, 0.29) is 0 Å². The summed E-state index contributed by atoms with van der Waals surface area (Å²) in [6, 6.07) is 0. The largest absolute Gasteiger partial charge is 0.279 e. The second-order valence-electron chi connectivity index (χ2n) is 5.08. The summed E-state index contributed by atoms with van der Waals surface area (Å²) in [4.78, 5) is 0. The average molecular weight is 341 g/mol. The summed E-state index contributed by atoms with van der Waals surface area (Å²) in [5.41, 5.74) is 0. The van der Waals surface area contributed by atoms with E-state index in [0.29, 0.717) is 25.6 Å². The number of alkyl halides is 1. The van der Waals surface area contributed by atoms with Crippen LogP contribution in [0.4, 0.5) is 0 Å². The van der Waals surface area contributed by atoms with Crippen molar-refractivity contribution in [1.82, 2.24) is 9.03 Å². The number of halogens is 1. The minimum absolute atomic E-state index is 0.566. The molecule has 1 fully saturated rings. The van der Waals surface area contributed by atoms with Crippen LogP contribution in [0.5, 0.6) is 0 Å². The van der Waals surface area contributed by atoms with E-state index in [1.165, 1.54) is 0 Å². The van der Waals surface area contributed by atoms with E-state index in [9.17, 15) is 8.42 Å². The number of nitrogens with zero attached hydrogens (tertiary/aromatic N) is 1. The lowest BCUT2D eigenvalue weighted by molar-refractivity contribution is 0.285. The van der Waals surface area contributed by atoms with Crippen LogP contribution in [-0.4, -0.2) is 37.7 Å². The van der Waals surface area contributed by atoms with Crippen LogP contribution in [0.25, 0.3) is 0 Å². The van der Waals surface area contributed by atoms with Crippen molar-refractivity contribution in [3.63, 3.8) is 0 Å². The lowest BCUT2D eigenvalue weighted by Gasteiger charge is -2.29. The summed E-state index contributed by atoms with van der Waals surface area (Å²) in [5, 5.41) is 1.03. The molecule has 1 rings (SSSR count). The van der Waals surface area contributed by atoms with Crippen molar-refractivity contribution in [2.45, 2.75) is 45.4 Å². The van der Waals surface area contributed by atoms with Crippen LogP contribution < -0.4 is 4.72 Å². The molecule has 0 bridgehead atoms. The van der Waals surface area contributed by atoms with Gasteiger partial charge in [-0.3, -0.25) is 0 Å². The van der Waals surface area contributed by atoms with Crippen molar-refractivity contribution in [3.8, 4) is 0 Å². The summed E-state index contributed by atoms with van der Waals surface area (Å²) in [5.74, 6) is 0.653. The first-order valence-electron chi connectivity index (χ1n) is 6.87. The maximum absolute atomic E-state index is 12.0. The molecular weight excluding hydrogens is 316 g/mol. The van der Waals surface area contributed by atoms with Crippen LogP contribution >= 0.6 is 15.9 Å². The van der Waals surface area contributed by atoms with E-state index < -0.39 is 10.2 Å². The van der Waals surface area contributed by atoms with Gasteiger partial charge in [0.15, 0.2) is 0 Å². The van der Waals surface area contributed by atoms with Crippen molar-refractivity contribution in [3.05, 3.63) is 0 Å². The monoisotopic (exact) mass is 340 g/mol. The molecule has 4 nitrogen and oxygen atoms in total. The van der Waals surface area contributed by atoms with Crippen molar-refractivity contribution in [2.75, 3.05) is 25.0 Å². The third kappa shape index (κ3) is 5.99. The van der Waals surface area contributed by atoms with Crippen LogP contribution in [0, 0.1) is 5.92 Å². The number of nitrogens with one attached hydrogen (secondary N) is 1. The van der Waals surface area contributed by atoms with E-state index in [0.717, 1.165) is 43.9 Å². The Balaban J connectivity index is 2.19. The first kappa shape index (κ1) is 16.4. The highest BCUT2D eigenvalue weighted by molar-refractivity contribution is 9.09. The second-order valence-corrected chi connectivity index (χ2v) is 7.63. The van der Waals surface area contributed by atoms with Gasteiger partial charge in [-0.1, -0.05) is 35.7 Å². The number of piperidine rings is 1. The quantitative estimate of drug-likeness (QED) is 0.545. The van der Waals surface area contributed by atoms with E-state index in [2.05, 4.69) is 27.6 Å². The summed E-state index contributed by atoms with van der Waals surface area (Å²) in [6.45, 7) is 4.08. The van der Waals surface area contributed by atoms with E-state index in [4.69, 9.17) is 0 Å². The molecular formula is C12H25BrN2O2S. The highest BCUT2D eigenvalue weighted by atomic mass is 79.9.